The number of nitrogens with one attached hydrogen (secondary N) is 3. The van der Waals surface area contributed by atoms with Gasteiger partial charge in [0.05, 0.1) is 7.11 Å². The Balaban J connectivity index is 1.60. The van der Waals surface area contributed by atoms with Crippen molar-refractivity contribution in [2.24, 2.45) is 5.92 Å². The Labute approximate surface area is 188 Å². The first kappa shape index (κ1) is 23.5. The summed E-state index contributed by atoms with van der Waals surface area (Å²) in [4.78, 5) is 24.3. The largest absolute Gasteiger partial charge is 0.495 e. The number of benzene rings is 2. The lowest BCUT2D eigenvalue weighted by Crippen LogP contribution is -2.28. The highest BCUT2D eigenvalue weighted by molar-refractivity contribution is 7.89. The lowest BCUT2D eigenvalue weighted by molar-refractivity contribution is -0.122. The molecular formula is C23H27N3O5S. The van der Waals surface area contributed by atoms with E-state index in [1.807, 2.05) is 24.3 Å². The van der Waals surface area contributed by atoms with Gasteiger partial charge in [-0.2, -0.15) is 0 Å². The van der Waals surface area contributed by atoms with Crippen molar-refractivity contribution < 1.29 is 22.7 Å². The van der Waals surface area contributed by atoms with Gasteiger partial charge in [0.15, 0.2) is 0 Å². The zero-order valence-electron chi connectivity index (χ0n) is 18.1. The number of ether oxygens (including phenoxy) is 1. The number of hydrogen-bond donors (Lipinski definition) is 3. The smallest absolute Gasteiger partial charge is 0.244 e. The van der Waals surface area contributed by atoms with Gasteiger partial charge in [-0.15, -0.1) is 0 Å². The molecule has 0 atom stereocenters. The van der Waals surface area contributed by atoms with Crippen LogP contribution in [-0.2, 0) is 26.2 Å². The molecule has 1 saturated carbocycles. The zero-order chi connectivity index (χ0) is 23.1. The summed E-state index contributed by atoms with van der Waals surface area (Å²) in [7, 11) is -0.996. The summed E-state index contributed by atoms with van der Waals surface area (Å²) >= 11 is 0. The van der Waals surface area contributed by atoms with E-state index in [4.69, 9.17) is 4.74 Å². The molecule has 3 rings (SSSR count). The number of carbonyl (C=O) groups is 2. The summed E-state index contributed by atoms with van der Waals surface area (Å²) in [6.45, 7) is 0.290. The molecule has 2 aromatic carbocycles. The van der Waals surface area contributed by atoms with Gasteiger partial charge in [0, 0.05) is 24.2 Å². The fourth-order valence-electron chi connectivity index (χ4n) is 3.21. The second-order valence-corrected chi connectivity index (χ2v) is 9.34. The van der Waals surface area contributed by atoms with Gasteiger partial charge in [0.1, 0.15) is 10.6 Å². The predicted octanol–water partition coefficient (Wildman–Crippen LogP) is 2.67. The van der Waals surface area contributed by atoms with Crippen molar-refractivity contribution in [3.8, 4) is 5.75 Å². The van der Waals surface area contributed by atoms with Gasteiger partial charge in [-0.3, -0.25) is 9.59 Å². The summed E-state index contributed by atoms with van der Waals surface area (Å²) in [6, 6.07) is 12.0. The Morgan fingerprint density at radius 2 is 1.94 bits per heavy atom. The minimum absolute atomic E-state index is 0.00850. The Kier molecular flexibility index (Phi) is 7.66. The van der Waals surface area contributed by atoms with Crippen LogP contribution in [0.15, 0.2) is 53.4 Å². The van der Waals surface area contributed by atoms with Crippen molar-refractivity contribution in [2.45, 2.75) is 30.7 Å². The Morgan fingerprint density at radius 1 is 1.16 bits per heavy atom. The molecule has 0 heterocycles. The van der Waals surface area contributed by atoms with Crippen LogP contribution in [0.2, 0.25) is 0 Å². The fraction of sp³-hybridized carbons (Fsp3) is 0.304. The van der Waals surface area contributed by atoms with Crippen LogP contribution in [0.4, 0.5) is 5.69 Å². The topological polar surface area (TPSA) is 114 Å². The highest BCUT2D eigenvalue weighted by Crippen LogP contribution is 2.28. The summed E-state index contributed by atoms with van der Waals surface area (Å²) < 4.78 is 31.7. The van der Waals surface area contributed by atoms with Gasteiger partial charge < -0.3 is 15.4 Å². The van der Waals surface area contributed by atoms with E-state index in [2.05, 4.69) is 15.4 Å². The molecule has 0 aromatic heterocycles. The Hall–Kier alpha value is -3.17. The molecule has 0 bridgehead atoms. The van der Waals surface area contributed by atoms with E-state index in [-0.39, 0.29) is 34.9 Å². The molecule has 9 heteroatoms. The fourth-order valence-corrected chi connectivity index (χ4v) is 4.14. The van der Waals surface area contributed by atoms with Crippen LogP contribution < -0.4 is 20.1 Å². The van der Waals surface area contributed by atoms with Crippen LogP contribution in [-0.4, -0.2) is 34.4 Å². The van der Waals surface area contributed by atoms with Crippen molar-refractivity contribution >= 4 is 33.6 Å². The van der Waals surface area contributed by atoms with Crippen molar-refractivity contribution in [1.82, 2.24) is 10.0 Å². The summed E-state index contributed by atoms with van der Waals surface area (Å²) in [6.07, 6.45) is 5.83. The molecule has 8 nitrogen and oxygen atoms in total. The molecular weight excluding hydrogens is 430 g/mol. The highest BCUT2D eigenvalue weighted by Gasteiger charge is 2.25. The van der Waals surface area contributed by atoms with Crippen LogP contribution in [0.5, 0.6) is 5.75 Å². The monoisotopic (exact) mass is 457 g/mol. The number of methoxy groups -OCH3 is 1. The van der Waals surface area contributed by atoms with E-state index in [1.54, 1.807) is 6.07 Å². The maximum absolute atomic E-state index is 12.2. The second kappa shape index (κ2) is 10.4. The minimum Gasteiger partial charge on any atom is -0.495 e. The molecule has 1 aliphatic carbocycles. The molecule has 0 spiro atoms. The highest BCUT2D eigenvalue weighted by atomic mass is 32.2. The third kappa shape index (κ3) is 5.95. The van der Waals surface area contributed by atoms with E-state index in [1.165, 1.54) is 38.4 Å². The first-order chi connectivity index (χ1) is 15.3. The van der Waals surface area contributed by atoms with E-state index in [0.717, 1.165) is 24.8 Å². The van der Waals surface area contributed by atoms with Crippen LogP contribution >= 0.6 is 0 Å². The number of carbonyl (C=O) groups excluding carboxylic acids is 2. The van der Waals surface area contributed by atoms with Crippen LogP contribution in [0.1, 0.15) is 30.4 Å². The first-order valence-corrected chi connectivity index (χ1v) is 11.8. The lowest BCUT2D eigenvalue weighted by Gasteiger charge is -2.24. The molecule has 170 valence electrons. The van der Waals surface area contributed by atoms with E-state index in [9.17, 15) is 18.0 Å². The van der Waals surface area contributed by atoms with Crippen molar-refractivity contribution in [2.75, 3.05) is 19.5 Å². The normalized spacial score (nSPS) is 14.1. The van der Waals surface area contributed by atoms with Gasteiger partial charge in [0.25, 0.3) is 0 Å². The molecule has 0 saturated heterocycles. The molecule has 1 aliphatic rings. The molecule has 1 fully saturated rings. The zero-order valence-corrected chi connectivity index (χ0v) is 18.9. The Morgan fingerprint density at radius 3 is 2.59 bits per heavy atom. The first-order valence-electron chi connectivity index (χ1n) is 10.3. The number of amides is 2. The predicted molar refractivity (Wildman–Crippen MR) is 123 cm³/mol. The molecule has 32 heavy (non-hydrogen) atoms. The number of sulfonamides is 1. The standard InChI is InChI=1S/C23H27N3O5S/c1-24-32(29,30)21-14-16(9-11-20(21)31-2)10-12-22(27)25-15-17-5-3-8-19(13-17)26-23(28)18-6-4-7-18/h3,5,8-14,18,24H,4,6-7,15H2,1-2H3,(H,25,27)(H,26,28)/b12-10+. The second-order valence-electron chi connectivity index (χ2n) is 7.49. The van der Waals surface area contributed by atoms with Gasteiger partial charge >= 0.3 is 0 Å². The average molecular weight is 458 g/mol. The molecule has 2 amide bonds. The lowest BCUT2D eigenvalue weighted by atomic mass is 9.85. The number of rotatable bonds is 9. The molecule has 0 radical (unpaired) electrons. The van der Waals surface area contributed by atoms with Crippen LogP contribution in [0, 0.1) is 5.92 Å². The minimum atomic E-state index is -3.70. The van der Waals surface area contributed by atoms with E-state index < -0.39 is 10.0 Å². The van der Waals surface area contributed by atoms with Crippen molar-refractivity contribution in [3.63, 3.8) is 0 Å². The summed E-state index contributed by atoms with van der Waals surface area (Å²) in [5.74, 6) is 0.0255. The maximum atomic E-state index is 12.2. The van der Waals surface area contributed by atoms with E-state index >= 15 is 0 Å². The van der Waals surface area contributed by atoms with Gasteiger partial charge in [0.2, 0.25) is 21.8 Å². The summed E-state index contributed by atoms with van der Waals surface area (Å²) in [5, 5.41) is 5.70. The van der Waals surface area contributed by atoms with E-state index in [0.29, 0.717) is 11.3 Å². The third-order valence-corrected chi connectivity index (χ3v) is 6.75. The molecule has 3 N–H and O–H groups in total. The van der Waals surface area contributed by atoms with Gasteiger partial charge in [-0.05, 0) is 61.4 Å². The Bertz CT molecular complexity index is 1120. The number of hydrogen-bond acceptors (Lipinski definition) is 5. The number of anilines is 1. The molecule has 0 unspecified atom stereocenters. The molecule has 0 aliphatic heterocycles. The van der Waals surface area contributed by atoms with Crippen LogP contribution in [0.25, 0.3) is 6.08 Å². The quantitative estimate of drug-likeness (QED) is 0.501. The third-order valence-electron chi connectivity index (χ3n) is 5.31. The van der Waals surface area contributed by atoms with Crippen LogP contribution in [0.3, 0.4) is 0 Å². The SMILES string of the molecule is CNS(=O)(=O)c1cc(/C=C/C(=O)NCc2cccc(NC(=O)C3CCC3)c2)ccc1OC. The molecule has 2 aromatic rings. The van der Waals surface area contributed by atoms with Crippen molar-refractivity contribution in [3.05, 3.63) is 59.7 Å². The van der Waals surface area contributed by atoms with Crippen molar-refractivity contribution in [1.29, 1.82) is 0 Å². The maximum Gasteiger partial charge on any atom is 0.244 e. The van der Waals surface area contributed by atoms with Gasteiger partial charge in [-0.25, -0.2) is 13.1 Å². The summed E-state index contributed by atoms with van der Waals surface area (Å²) in [5.41, 5.74) is 2.10. The van der Waals surface area contributed by atoms with Gasteiger partial charge in [-0.1, -0.05) is 24.6 Å². The average Bonchev–Trinajstić information content (AvgIpc) is 2.75.